The number of imidazole rings is 1. The van der Waals surface area contributed by atoms with Gasteiger partial charge in [0, 0.05) is 17.4 Å². The van der Waals surface area contributed by atoms with Gasteiger partial charge in [-0.2, -0.15) is 0 Å². The summed E-state index contributed by atoms with van der Waals surface area (Å²) in [7, 11) is 0. The molecule has 1 aromatic carbocycles. The van der Waals surface area contributed by atoms with E-state index in [4.69, 9.17) is 0 Å². The van der Waals surface area contributed by atoms with Gasteiger partial charge in [-0.25, -0.2) is 4.98 Å². The summed E-state index contributed by atoms with van der Waals surface area (Å²) in [5.41, 5.74) is 3.48. The van der Waals surface area contributed by atoms with E-state index in [0.29, 0.717) is 5.56 Å². The Hall–Kier alpha value is -2.62. The van der Waals surface area contributed by atoms with Crippen LogP contribution in [0.1, 0.15) is 15.9 Å². The zero-order valence-electron chi connectivity index (χ0n) is 10.5. The molecule has 2 aromatic heterocycles. The van der Waals surface area contributed by atoms with Crippen LogP contribution in [0.5, 0.6) is 0 Å². The molecule has 1 amide bonds. The lowest BCUT2D eigenvalue weighted by Crippen LogP contribution is -2.12. The van der Waals surface area contributed by atoms with Crippen molar-refractivity contribution in [2.75, 3.05) is 5.32 Å². The molecule has 2 heterocycles. The number of nitrogens with one attached hydrogen (secondary N) is 1. The highest BCUT2D eigenvalue weighted by molar-refractivity contribution is 6.04. The molecule has 0 aliphatic heterocycles. The molecule has 0 aliphatic rings. The number of rotatable bonds is 2. The van der Waals surface area contributed by atoms with Gasteiger partial charge in [0.15, 0.2) is 0 Å². The predicted molar refractivity (Wildman–Crippen MR) is 74.3 cm³/mol. The summed E-state index contributed by atoms with van der Waals surface area (Å²) >= 11 is 0. The van der Waals surface area contributed by atoms with Gasteiger partial charge in [0.05, 0.1) is 18.0 Å². The van der Waals surface area contributed by atoms with E-state index in [1.807, 2.05) is 47.9 Å². The maximum absolute atomic E-state index is 12.1. The van der Waals surface area contributed by atoms with Gasteiger partial charge in [0.2, 0.25) is 0 Å². The van der Waals surface area contributed by atoms with Crippen molar-refractivity contribution in [3.63, 3.8) is 0 Å². The van der Waals surface area contributed by atoms with Crippen LogP contribution in [0.15, 0.2) is 55.1 Å². The molecule has 0 aliphatic carbocycles. The molecule has 1 N–H and O–H groups in total. The Morgan fingerprint density at radius 1 is 1.21 bits per heavy atom. The Bertz CT molecular complexity index is 728. The smallest absolute Gasteiger partial charge is 0.255 e. The number of amides is 1. The normalized spacial score (nSPS) is 10.6. The lowest BCUT2D eigenvalue weighted by atomic mass is 10.2. The predicted octanol–water partition coefficient (Wildman–Crippen LogP) is 2.90. The molecule has 0 radical (unpaired) electrons. The lowest BCUT2D eigenvalue weighted by molar-refractivity contribution is 0.102. The van der Waals surface area contributed by atoms with Crippen LogP contribution in [0.3, 0.4) is 0 Å². The largest absolute Gasteiger partial charge is 0.322 e. The first-order valence-corrected chi connectivity index (χ1v) is 6.02. The maximum atomic E-state index is 12.1. The van der Waals surface area contributed by atoms with Crippen LogP contribution < -0.4 is 5.32 Å². The van der Waals surface area contributed by atoms with E-state index in [9.17, 15) is 4.79 Å². The van der Waals surface area contributed by atoms with E-state index in [1.54, 1.807) is 18.6 Å². The number of aromatic nitrogens is 2. The molecule has 0 fully saturated rings. The highest BCUT2D eigenvalue weighted by Crippen LogP contribution is 2.12. The van der Waals surface area contributed by atoms with Crippen molar-refractivity contribution in [1.82, 2.24) is 9.38 Å². The Morgan fingerprint density at radius 2 is 2.00 bits per heavy atom. The van der Waals surface area contributed by atoms with Crippen LogP contribution in [0.25, 0.3) is 5.52 Å². The molecule has 0 atom stereocenters. The number of carbonyl (C=O) groups excluding carboxylic acids is 1. The fraction of sp³-hybridized carbons (Fsp3) is 0.0667. The summed E-state index contributed by atoms with van der Waals surface area (Å²) in [4.78, 5) is 16.2. The van der Waals surface area contributed by atoms with Crippen molar-refractivity contribution < 1.29 is 4.79 Å². The fourth-order valence-electron chi connectivity index (χ4n) is 1.90. The number of aryl methyl sites for hydroxylation is 1. The number of benzene rings is 1. The number of anilines is 1. The first kappa shape index (κ1) is 11.5. The standard InChI is InChI=1S/C15H13N3O/c1-11-2-4-13(5-3-11)17-15(19)12-6-7-18-10-16-9-14(18)8-12/h2-10H,1H3,(H,17,19). The van der Waals surface area contributed by atoms with Crippen LogP contribution >= 0.6 is 0 Å². The minimum atomic E-state index is -0.118. The molecule has 0 unspecified atom stereocenters. The van der Waals surface area contributed by atoms with Gasteiger partial charge >= 0.3 is 0 Å². The molecule has 4 heteroatoms. The molecule has 94 valence electrons. The molecule has 0 bridgehead atoms. The monoisotopic (exact) mass is 251 g/mol. The number of fused-ring (bicyclic) bond motifs is 1. The summed E-state index contributed by atoms with van der Waals surface area (Å²) in [5.74, 6) is -0.118. The first-order chi connectivity index (χ1) is 9.22. The average molecular weight is 251 g/mol. The minimum absolute atomic E-state index is 0.118. The molecule has 3 aromatic rings. The third-order valence-electron chi connectivity index (χ3n) is 2.99. The summed E-state index contributed by atoms with van der Waals surface area (Å²) in [5, 5.41) is 2.87. The van der Waals surface area contributed by atoms with Crippen molar-refractivity contribution >= 4 is 17.1 Å². The zero-order valence-corrected chi connectivity index (χ0v) is 10.5. The summed E-state index contributed by atoms with van der Waals surface area (Å²) in [6, 6.07) is 11.3. The number of hydrogen-bond acceptors (Lipinski definition) is 2. The van der Waals surface area contributed by atoms with Crippen molar-refractivity contribution in [2.24, 2.45) is 0 Å². The first-order valence-electron chi connectivity index (χ1n) is 6.02. The summed E-state index contributed by atoms with van der Waals surface area (Å²) in [6.07, 6.45) is 5.26. The van der Waals surface area contributed by atoms with Gasteiger partial charge in [-0.1, -0.05) is 17.7 Å². The van der Waals surface area contributed by atoms with Crippen LogP contribution in [0.4, 0.5) is 5.69 Å². The van der Waals surface area contributed by atoms with Gasteiger partial charge in [-0.05, 0) is 31.2 Å². The van der Waals surface area contributed by atoms with Crippen LogP contribution in [-0.2, 0) is 0 Å². The third kappa shape index (κ3) is 2.33. The van der Waals surface area contributed by atoms with Crippen molar-refractivity contribution in [2.45, 2.75) is 6.92 Å². The highest BCUT2D eigenvalue weighted by Gasteiger charge is 2.06. The van der Waals surface area contributed by atoms with E-state index in [2.05, 4.69) is 10.3 Å². The lowest BCUT2D eigenvalue weighted by Gasteiger charge is -2.06. The topological polar surface area (TPSA) is 46.4 Å². The van der Waals surface area contributed by atoms with Gasteiger partial charge in [0.25, 0.3) is 5.91 Å². The Kier molecular flexibility index (Phi) is 2.76. The van der Waals surface area contributed by atoms with E-state index in [1.165, 1.54) is 5.56 Å². The molecule has 0 spiro atoms. The Balaban J connectivity index is 1.84. The minimum Gasteiger partial charge on any atom is -0.322 e. The van der Waals surface area contributed by atoms with Crippen LogP contribution in [-0.4, -0.2) is 15.3 Å². The van der Waals surface area contributed by atoms with E-state index in [-0.39, 0.29) is 5.91 Å². The average Bonchev–Trinajstić information content (AvgIpc) is 2.88. The fourth-order valence-corrected chi connectivity index (χ4v) is 1.90. The quantitative estimate of drug-likeness (QED) is 0.761. The second-order valence-electron chi connectivity index (χ2n) is 4.46. The van der Waals surface area contributed by atoms with Crippen LogP contribution in [0, 0.1) is 6.92 Å². The van der Waals surface area contributed by atoms with E-state index in [0.717, 1.165) is 11.2 Å². The highest BCUT2D eigenvalue weighted by atomic mass is 16.1. The maximum Gasteiger partial charge on any atom is 0.255 e. The summed E-state index contributed by atoms with van der Waals surface area (Å²) in [6.45, 7) is 2.01. The van der Waals surface area contributed by atoms with E-state index >= 15 is 0 Å². The molecule has 4 nitrogen and oxygen atoms in total. The van der Waals surface area contributed by atoms with Crippen molar-refractivity contribution in [3.05, 3.63) is 66.2 Å². The van der Waals surface area contributed by atoms with Gasteiger partial charge in [0.1, 0.15) is 0 Å². The van der Waals surface area contributed by atoms with Crippen molar-refractivity contribution in [3.8, 4) is 0 Å². The third-order valence-corrected chi connectivity index (χ3v) is 2.99. The Labute approximate surface area is 110 Å². The molecule has 0 saturated carbocycles. The number of hydrogen-bond donors (Lipinski definition) is 1. The second kappa shape index (κ2) is 4.57. The van der Waals surface area contributed by atoms with Crippen molar-refractivity contribution in [1.29, 1.82) is 0 Å². The molecule has 3 rings (SSSR count). The van der Waals surface area contributed by atoms with E-state index < -0.39 is 0 Å². The zero-order chi connectivity index (χ0) is 13.2. The molecule has 0 saturated heterocycles. The number of carbonyl (C=O) groups is 1. The summed E-state index contributed by atoms with van der Waals surface area (Å²) < 4.78 is 1.86. The Morgan fingerprint density at radius 3 is 2.79 bits per heavy atom. The number of nitrogens with zero attached hydrogens (tertiary/aromatic N) is 2. The van der Waals surface area contributed by atoms with Gasteiger partial charge in [-0.15, -0.1) is 0 Å². The van der Waals surface area contributed by atoms with Gasteiger partial charge < -0.3 is 9.72 Å². The molecule has 19 heavy (non-hydrogen) atoms. The second-order valence-corrected chi connectivity index (χ2v) is 4.46. The van der Waals surface area contributed by atoms with Gasteiger partial charge in [-0.3, -0.25) is 4.79 Å². The number of pyridine rings is 1. The molecular formula is C15H13N3O. The molecular weight excluding hydrogens is 238 g/mol. The SMILES string of the molecule is Cc1ccc(NC(=O)c2ccn3cncc3c2)cc1. The van der Waals surface area contributed by atoms with Crippen LogP contribution in [0.2, 0.25) is 0 Å².